The summed E-state index contributed by atoms with van der Waals surface area (Å²) in [5, 5.41) is 33.2. The van der Waals surface area contributed by atoms with Crippen molar-refractivity contribution in [2.75, 3.05) is 27.9 Å². The summed E-state index contributed by atoms with van der Waals surface area (Å²) < 4.78 is 11.9. The number of hydrogen-bond acceptors (Lipinski definition) is 11. The minimum absolute atomic E-state index is 0.00378. The van der Waals surface area contributed by atoms with E-state index in [0.29, 0.717) is 11.4 Å². The average Bonchev–Trinajstić information content (AvgIpc) is 3.26. The van der Waals surface area contributed by atoms with Crippen molar-refractivity contribution in [2.45, 2.75) is 32.4 Å². The Morgan fingerprint density at radius 1 is 0.672 bits per heavy atom. The maximum atomic E-state index is 13.5. The predicted molar refractivity (Wildman–Crippen MR) is 235 cm³/mol. The van der Waals surface area contributed by atoms with Gasteiger partial charge in [-0.25, -0.2) is 4.79 Å². The van der Waals surface area contributed by atoms with Crippen LogP contribution in [0.1, 0.15) is 72.1 Å². The molecular weight excluding hydrogens is 831 g/mol. The number of anilines is 4. The van der Waals surface area contributed by atoms with Crippen LogP contribution in [0.15, 0.2) is 122 Å². The molecule has 1 atom stereocenters. The molecule has 5 aromatic rings. The third-order valence-corrected chi connectivity index (χ3v) is 8.88. The Kier molecular flexibility index (Phi) is 15.2. The van der Waals surface area contributed by atoms with Gasteiger partial charge >= 0.3 is 5.97 Å². The molecule has 0 aliphatic rings. The van der Waals surface area contributed by atoms with Crippen LogP contribution >= 0.6 is 0 Å². The summed E-state index contributed by atoms with van der Waals surface area (Å²) >= 11 is 0. The number of rotatable bonds is 19. The Bertz CT molecular complexity index is 2600. The number of nitro groups is 1. The van der Waals surface area contributed by atoms with E-state index >= 15 is 0 Å². The molecule has 64 heavy (non-hydrogen) atoms. The van der Waals surface area contributed by atoms with Crippen molar-refractivity contribution in [1.29, 1.82) is 0 Å². The van der Waals surface area contributed by atoms with Crippen molar-refractivity contribution in [2.24, 2.45) is 5.73 Å². The maximum Gasteiger partial charge on any atom is 0.335 e. The van der Waals surface area contributed by atoms with Gasteiger partial charge < -0.3 is 46.9 Å². The molecule has 0 saturated heterocycles. The zero-order chi connectivity index (χ0) is 46.5. The lowest BCUT2D eigenvalue weighted by Gasteiger charge is -2.21. The quantitative estimate of drug-likeness (QED) is 0.0285. The molecule has 0 saturated carbocycles. The Labute approximate surface area is 364 Å². The summed E-state index contributed by atoms with van der Waals surface area (Å²) in [5.41, 5.74) is 6.66. The minimum atomic E-state index is -1.41. The maximum absolute atomic E-state index is 13.5. The standard InChI is InChI=1S/C45H41N7O12/c1-4-23-63-38-34(43(57)48-31-17-9-29(10-18-31)45(59)60)21-22-35(39(38)64-25(2)3)50-41(55)26-7-15-32(16-8-26)49-44(58)36(24-37(46)53)51-42(56)27-5-13-30(14-6-27)47-40(54)28-11-19-33(20-12-28)52(61)62/h4-22,25,36H,1,23-24H2,2-3H3,(H2,46,53)(H,47,54)(H,48,57)(H,49,58)(H,50,55)(H,51,56)(H,59,60)/t36-/m0/s1. The lowest BCUT2D eigenvalue weighted by Crippen LogP contribution is -2.46. The van der Waals surface area contributed by atoms with Crippen molar-refractivity contribution < 1.29 is 53.1 Å². The van der Waals surface area contributed by atoms with Gasteiger partial charge in [-0.05, 0) is 111 Å². The SMILES string of the molecule is C=CCOc1c(C(=O)Nc2ccc(C(=O)O)cc2)ccc(NC(=O)c2ccc(NC(=O)[C@H](CC(N)=O)NC(=O)c3ccc(NC(=O)c4ccc([N+](=O)[O-])cc4)cc3)cc2)c1OC(C)C. The molecule has 0 heterocycles. The molecule has 0 bridgehead atoms. The van der Waals surface area contributed by atoms with Gasteiger partial charge in [-0.1, -0.05) is 12.7 Å². The monoisotopic (exact) mass is 871 g/mol. The molecule has 0 radical (unpaired) electrons. The van der Waals surface area contributed by atoms with Crippen LogP contribution < -0.4 is 41.8 Å². The number of carbonyl (C=O) groups excluding carboxylic acids is 6. The number of ether oxygens (including phenoxy) is 2. The van der Waals surface area contributed by atoms with E-state index < -0.39 is 64.9 Å². The Hall–Kier alpha value is -8.87. The molecule has 328 valence electrons. The Morgan fingerprint density at radius 2 is 1.16 bits per heavy atom. The number of amides is 6. The molecule has 8 N–H and O–H groups in total. The van der Waals surface area contributed by atoms with Crippen molar-refractivity contribution in [3.05, 3.63) is 160 Å². The summed E-state index contributed by atoms with van der Waals surface area (Å²) in [6.07, 6.45) is 0.465. The second kappa shape index (κ2) is 21.1. The smallest absolute Gasteiger partial charge is 0.335 e. The predicted octanol–water partition coefficient (Wildman–Crippen LogP) is 6.01. The van der Waals surface area contributed by atoms with E-state index in [2.05, 4.69) is 33.2 Å². The molecule has 19 nitrogen and oxygen atoms in total. The second-order valence-electron chi connectivity index (χ2n) is 14.0. The normalized spacial score (nSPS) is 11.0. The van der Waals surface area contributed by atoms with E-state index in [-0.39, 0.29) is 63.0 Å². The van der Waals surface area contributed by atoms with Gasteiger partial charge in [-0.2, -0.15) is 0 Å². The number of nitrogens with zero attached hydrogens (tertiary/aromatic N) is 1. The molecule has 0 aromatic heterocycles. The van der Waals surface area contributed by atoms with E-state index in [1.54, 1.807) is 13.8 Å². The third kappa shape index (κ3) is 12.3. The highest BCUT2D eigenvalue weighted by Crippen LogP contribution is 2.40. The fraction of sp³-hybridized carbons (Fsp3) is 0.133. The number of primary amides is 1. The minimum Gasteiger partial charge on any atom is -0.485 e. The third-order valence-electron chi connectivity index (χ3n) is 8.88. The first-order valence-corrected chi connectivity index (χ1v) is 19.2. The van der Waals surface area contributed by atoms with Gasteiger partial charge in [-0.3, -0.25) is 38.9 Å². The van der Waals surface area contributed by atoms with Gasteiger partial charge in [0.2, 0.25) is 11.8 Å². The zero-order valence-corrected chi connectivity index (χ0v) is 34.2. The summed E-state index contributed by atoms with van der Waals surface area (Å²) in [4.78, 5) is 99.5. The van der Waals surface area contributed by atoms with Gasteiger partial charge in [0.05, 0.1) is 34.3 Å². The van der Waals surface area contributed by atoms with Crippen LogP contribution in [0.25, 0.3) is 0 Å². The fourth-order valence-electron chi connectivity index (χ4n) is 5.80. The van der Waals surface area contributed by atoms with Crippen molar-refractivity contribution >= 4 is 69.8 Å². The number of carbonyl (C=O) groups is 7. The first-order valence-electron chi connectivity index (χ1n) is 19.2. The van der Waals surface area contributed by atoms with Crippen LogP contribution in [0, 0.1) is 10.1 Å². The fourth-order valence-corrected chi connectivity index (χ4v) is 5.80. The summed E-state index contributed by atoms with van der Waals surface area (Å²) in [5.74, 6) is -5.24. The number of carboxylic acids is 1. The number of carboxylic acid groups (broad SMARTS) is 1. The highest BCUT2D eigenvalue weighted by Gasteiger charge is 2.26. The molecular formula is C45H41N7O12. The van der Waals surface area contributed by atoms with Crippen molar-refractivity contribution in [3.63, 3.8) is 0 Å². The van der Waals surface area contributed by atoms with Crippen LogP contribution in [-0.2, 0) is 9.59 Å². The first kappa shape index (κ1) is 46.2. The van der Waals surface area contributed by atoms with Crippen molar-refractivity contribution in [3.8, 4) is 11.5 Å². The summed E-state index contributed by atoms with van der Waals surface area (Å²) in [7, 11) is 0. The van der Waals surface area contributed by atoms with Gasteiger partial charge in [0, 0.05) is 45.9 Å². The molecule has 5 aromatic carbocycles. The molecule has 6 amide bonds. The molecule has 0 aliphatic carbocycles. The van der Waals surface area contributed by atoms with E-state index in [9.17, 15) is 48.8 Å². The van der Waals surface area contributed by atoms with Gasteiger partial charge in [0.25, 0.3) is 29.3 Å². The van der Waals surface area contributed by atoms with E-state index in [1.807, 2.05) is 0 Å². The number of hydrogen-bond donors (Lipinski definition) is 7. The highest BCUT2D eigenvalue weighted by atomic mass is 16.6. The molecule has 0 spiro atoms. The average molecular weight is 872 g/mol. The largest absolute Gasteiger partial charge is 0.485 e. The van der Waals surface area contributed by atoms with E-state index in [1.165, 1.54) is 115 Å². The number of aromatic carboxylic acids is 1. The molecule has 19 heteroatoms. The molecule has 0 aliphatic heterocycles. The lowest BCUT2D eigenvalue weighted by atomic mass is 10.1. The number of nitro benzene ring substituents is 1. The molecule has 0 fully saturated rings. The van der Waals surface area contributed by atoms with Crippen LogP contribution in [0.2, 0.25) is 0 Å². The van der Waals surface area contributed by atoms with Gasteiger partial charge in [0.1, 0.15) is 12.6 Å². The van der Waals surface area contributed by atoms with Crippen molar-refractivity contribution in [1.82, 2.24) is 5.32 Å². The van der Waals surface area contributed by atoms with Crippen LogP contribution in [0.4, 0.5) is 28.4 Å². The van der Waals surface area contributed by atoms with Crippen LogP contribution in [-0.4, -0.2) is 70.2 Å². The summed E-state index contributed by atoms with van der Waals surface area (Å²) in [6.45, 7) is 7.11. The topological polar surface area (TPSA) is 287 Å². The lowest BCUT2D eigenvalue weighted by molar-refractivity contribution is -0.384. The first-order chi connectivity index (χ1) is 30.5. The molecule has 0 unspecified atom stereocenters. The number of nitrogens with two attached hydrogens (primary N) is 1. The second-order valence-corrected chi connectivity index (χ2v) is 14.0. The number of nitrogens with one attached hydrogen (secondary N) is 5. The van der Waals surface area contributed by atoms with E-state index in [0.717, 1.165) is 0 Å². The number of benzene rings is 5. The van der Waals surface area contributed by atoms with E-state index in [4.69, 9.17) is 15.2 Å². The summed E-state index contributed by atoms with van der Waals surface area (Å²) in [6, 6.07) is 23.2. The van der Waals surface area contributed by atoms with Gasteiger partial charge in [-0.15, -0.1) is 0 Å². The Morgan fingerprint density at radius 3 is 1.66 bits per heavy atom. The zero-order valence-electron chi connectivity index (χ0n) is 34.2. The Balaban J connectivity index is 1.25. The van der Waals surface area contributed by atoms with Crippen LogP contribution in [0.3, 0.4) is 0 Å². The van der Waals surface area contributed by atoms with Crippen LogP contribution in [0.5, 0.6) is 11.5 Å². The highest BCUT2D eigenvalue weighted by molar-refractivity contribution is 6.10. The number of non-ortho nitro benzene ring substituents is 1. The van der Waals surface area contributed by atoms with Gasteiger partial charge in [0.15, 0.2) is 11.5 Å². The molecule has 5 rings (SSSR count).